The van der Waals surface area contributed by atoms with Crippen LogP contribution in [-0.4, -0.2) is 31.5 Å². The lowest BCUT2D eigenvalue weighted by atomic mass is 10.0. The lowest BCUT2D eigenvalue weighted by molar-refractivity contribution is -0.123. The Kier molecular flexibility index (Phi) is 5.28. The van der Waals surface area contributed by atoms with Crippen LogP contribution in [0, 0.1) is 5.82 Å². The van der Waals surface area contributed by atoms with E-state index in [1.165, 1.54) is 18.2 Å². The van der Waals surface area contributed by atoms with Crippen LogP contribution in [0.5, 0.6) is 5.75 Å². The van der Waals surface area contributed by atoms with E-state index in [-0.39, 0.29) is 18.4 Å². The highest BCUT2D eigenvalue weighted by atomic mass is 19.1. The maximum atomic E-state index is 13.0. The van der Waals surface area contributed by atoms with E-state index in [1.807, 2.05) is 24.3 Å². The van der Waals surface area contributed by atoms with Gasteiger partial charge in [0.05, 0.1) is 0 Å². The van der Waals surface area contributed by atoms with Gasteiger partial charge in [-0.15, -0.1) is 0 Å². The molecule has 0 radical (unpaired) electrons. The van der Waals surface area contributed by atoms with E-state index in [0.29, 0.717) is 25.3 Å². The summed E-state index contributed by atoms with van der Waals surface area (Å²) < 4.78 is 18.3. The van der Waals surface area contributed by atoms with Crippen molar-refractivity contribution in [2.24, 2.45) is 0 Å². The standard InChI is InChI=1S/C19H19FN2O3/c20-15-5-3-6-16(12-15)25-13-18(23)21-10-11-22-17-7-2-1-4-14(17)8-9-19(22)24/h1-7,12H,8-11,13H2,(H,21,23). The van der Waals surface area contributed by atoms with Crippen LogP contribution in [0.2, 0.25) is 0 Å². The Morgan fingerprint density at radius 3 is 2.84 bits per heavy atom. The third-order valence-corrected chi connectivity index (χ3v) is 4.02. The molecule has 0 fully saturated rings. The van der Waals surface area contributed by atoms with Gasteiger partial charge in [-0.3, -0.25) is 9.59 Å². The Bertz CT molecular complexity index is 779. The normalized spacial score (nSPS) is 13.3. The monoisotopic (exact) mass is 342 g/mol. The molecule has 1 aliphatic heterocycles. The van der Waals surface area contributed by atoms with E-state index >= 15 is 0 Å². The van der Waals surface area contributed by atoms with Gasteiger partial charge in [-0.2, -0.15) is 0 Å². The van der Waals surface area contributed by atoms with Crippen molar-refractivity contribution in [1.82, 2.24) is 5.32 Å². The summed E-state index contributed by atoms with van der Waals surface area (Å²) in [6.07, 6.45) is 1.23. The number of rotatable bonds is 6. The Balaban J connectivity index is 1.48. The number of hydrogen-bond donors (Lipinski definition) is 1. The van der Waals surface area contributed by atoms with Crippen LogP contribution in [0.15, 0.2) is 48.5 Å². The van der Waals surface area contributed by atoms with Gasteiger partial charge in [0.25, 0.3) is 5.91 Å². The van der Waals surface area contributed by atoms with Crippen LogP contribution in [0.3, 0.4) is 0 Å². The first-order valence-electron chi connectivity index (χ1n) is 8.17. The fourth-order valence-electron chi connectivity index (χ4n) is 2.81. The predicted molar refractivity (Wildman–Crippen MR) is 92.0 cm³/mol. The van der Waals surface area contributed by atoms with Crippen LogP contribution in [0.4, 0.5) is 10.1 Å². The molecule has 2 amide bonds. The fourth-order valence-corrected chi connectivity index (χ4v) is 2.81. The van der Waals surface area contributed by atoms with Gasteiger partial charge in [0.2, 0.25) is 5.91 Å². The lowest BCUT2D eigenvalue weighted by Gasteiger charge is -2.29. The Morgan fingerprint density at radius 2 is 2.00 bits per heavy atom. The second kappa shape index (κ2) is 7.79. The molecule has 3 rings (SSSR count). The molecule has 2 aromatic carbocycles. The molecule has 0 unspecified atom stereocenters. The second-order valence-corrected chi connectivity index (χ2v) is 5.77. The molecular formula is C19H19FN2O3. The van der Waals surface area contributed by atoms with E-state index in [0.717, 1.165) is 17.7 Å². The van der Waals surface area contributed by atoms with Crippen molar-refractivity contribution in [2.45, 2.75) is 12.8 Å². The number of aryl methyl sites for hydroxylation is 1. The van der Waals surface area contributed by atoms with E-state index in [1.54, 1.807) is 11.0 Å². The summed E-state index contributed by atoms with van der Waals surface area (Å²) in [5.41, 5.74) is 2.05. The number of anilines is 1. The van der Waals surface area contributed by atoms with E-state index in [9.17, 15) is 14.0 Å². The zero-order valence-corrected chi connectivity index (χ0v) is 13.7. The quantitative estimate of drug-likeness (QED) is 0.876. The highest BCUT2D eigenvalue weighted by Gasteiger charge is 2.23. The minimum atomic E-state index is -0.416. The Morgan fingerprint density at radius 1 is 1.16 bits per heavy atom. The molecular weight excluding hydrogens is 323 g/mol. The minimum absolute atomic E-state index is 0.0592. The van der Waals surface area contributed by atoms with Crippen molar-refractivity contribution in [1.29, 1.82) is 0 Å². The molecule has 0 atom stereocenters. The van der Waals surface area contributed by atoms with Crippen LogP contribution in [-0.2, 0) is 16.0 Å². The van der Waals surface area contributed by atoms with Crippen molar-refractivity contribution in [2.75, 3.05) is 24.6 Å². The van der Waals surface area contributed by atoms with Gasteiger partial charge < -0.3 is 15.0 Å². The number of amides is 2. The van der Waals surface area contributed by atoms with Gasteiger partial charge in [-0.25, -0.2) is 4.39 Å². The lowest BCUT2D eigenvalue weighted by Crippen LogP contribution is -2.42. The first-order chi connectivity index (χ1) is 12.1. The smallest absolute Gasteiger partial charge is 0.258 e. The molecule has 1 aliphatic rings. The van der Waals surface area contributed by atoms with Crippen LogP contribution in [0.1, 0.15) is 12.0 Å². The number of benzene rings is 2. The number of fused-ring (bicyclic) bond motifs is 1. The zero-order chi connectivity index (χ0) is 17.6. The molecule has 0 aliphatic carbocycles. The van der Waals surface area contributed by atoms with Gasteiger partial charge in [0.1, 0.15) is 11.6 Å². The van der Waals surface area contributed by atoms with Crippen molar-refractivity contribution in [3.05, 3.63) is 59.9 Å². The number of halogens is 1. The van der Waals surface area contributed by atoms with Crippen LogP contribution >= 0.6 is 0 Å². The molecule has 2 aromatic rings. The highest BCUT2D eigenvalue weighted by Crippen LogP contribution is 2.26. The van der Waals surface area contributed by atoms with Gasteiger partial charge >= 0.3 is 0 Å². The first kappa shape index (κ1) is 17.0. The average Bonchev–Trinajstić information content (AvgIpc) is 2.62. The highest BCUT2D eigenvalue weighted by molar-refractivity contribution is 5.96. The SMILES string of the molecule is O=C(COc1cccc(F)c1)NCCN1C(=O)CCc2ccccc21. The number of carbonyl (C=O) groups excluding carboxylic acids is 2. The van der Waals surface area contributed by atoms with E-state index in [4.69, 9.17) is 4.74 Å². The molecule has 0 bridgehead atoms. The third kappa shape index (κ3) is 4.35. The summed E-state index contributed by atoms with van der Waals surface area (Å²) in [7, 11) is 0. The number of hydrogen-bond acceptors (Lipinski definition) is 3. The van der Waals surface area contributed by atoms with Crippen LogP contribution in [0.25, 0.3) is 0 Å². The van der Waals surface area contributed by atoms with Crippen molar-refractivity contribution >= 4 is 17.5 Å². The summed E-state index contributed by atoms with van der Waals surface area (Å²) >= 11 is 0. The molecule has 130 valence electrons. The summed E-state index contributed by atoms with van der Waals surface area (Å²) in [6.45, 7) is 0.529. The van der Waals surface area contributed by atoms with Crippen molar-refractivity contribution in [3.8, 4) is 5.75 Å². The van der Waals surface area contributed by atoms with Crippen molar-refractivity contribution < 1.29 is 18.7 Å². The minimum Gasteiger partial charge on any atom is -0.484 e. The summed E-state index contributed by atoms with van der Waals surface area (Å²) in [5, 5.41) is 2.71. The Labute approximate surface area is 145 Å². The van der Waals surface area contributed by atoms with Gasteiger partial charge in [0, 0.05) is 31.3 Å². The number of carbonyl (C=O) groups is 2. The molecule has 1 N–H and O–H groups in total. The number of nitrogens with one attached hydrogen (secondary N) is 1. The predicted octanol–water partition coefficient (Wildman–Crippen LogP) is 2.30. The van der Waals surface area contributed by atoms with E-state index < -0.39 is 5.82 Å². The maximum absolute atomic E-state index is 13.0. The molecule has 0 saturated heterocycles. The zero-order valence-electron chi connectivity index (χ0n) is 13.7. The summed E-state index contributed by atoms with van der Waals surface area (Å²) in [6, 6.07) is 13.4. The van der Waals surface area contributed by atoms with E-state index in [2.05, 4.69) is 5.32 Å². The van der Waals surface area contributed by atoms with Gasteiger partial charge in [-0.05, 0) is 30.2 Å². The molecule has 25 heavy (non-hydrogen) atoms. The number of nitrogens with zero attached hydrogens (tertiary/aromatic N) is 1. The molecule has 0 aromatic heterocycles. The summed E-state index contributed by atoms with van der Waals surface area (Å²) in [5.74, 6) is -0.374. The molecule has 1 heterocycles. The Hall–Kier alpha value is -2.89. The third-order valence-electron chi connectivity index (χ3n) is 4.02. The average molecular weight is 342 g/mol. The second-order valence-electron chi connectivity index (χ2n) is 5.77. The molecule has 5 nitrogen and oxygen atoms in total. The largest absolute Gasteiger partial charge is 0.484 e. The van der Waals surface area contributed by atoms with Crippen LogP contribution < -0.4 is 15.0 Å². The van der Waals surface area contributed by atoms with Gasteiger partial charge in [0.15, 0.2) is 6.61 Å². The maximum Gasteiger partial charge on any atom is 0.258 e. The molecule has 0 saturated carbocycles. The molecule has 6 heteroatoms. The molecule has 0 spiro atoms. The topological polar surface area (TPSA) is 58.6 Å². The van der Waals surface area contributed by atoms with Crippen molar-refractivity contribution in [3.63, 3.8) is 0 Å². The van der Waals surface area contributed by atoms with Gasteiger partial charge in [-0.1, -0.05) is 24.3 Å². The first-order valence-corrected chi connectivity index (χ1v) is 8.17. The number of para-hydroxylation sites is 1. The number of ether oxygens (including phenoxy) is 1. The summed E-state index contributed by atoms with van der Waals surface area (Å²) in [4.78, 5) is 25.7. The fraction of sp³-hybridized carbons (Fsp3) is 0.263.